The Balaban J connectivity index is 2.30. The Morgan fingerprint density at radius 2 is 2.00 bits per heavy atom. The fourth-order valence-corrected chi connectivity index (χ4v) is 2.67. The van der Waals surface area contributed by atoms with Crippen LogP contribution in [0.5, 0.6) is 0 Å². The van der Waals surface area contributed by atoms with Crippen molar-refractivity contribution < 1.29 is 5.11 Å². The van der Waals surface area contributed by atoms with Crippen LogP contribution in [-0.4, -0.2) is 11.2 Å². The van der Waals surface area contributed by atoms with Crippen molar-refractivity contribution in [1.82, 2.24) is 0 Å². The van der Waals surface area contributed by atoms with Gasteiger partial charge < -0.3 is 5.11 Å². The van der Waals surface area contributed by atoms with Gasteiger partial charge >= 0.3 is 0 Å². The predicted molar refractivity (Wildman–Crippen MR) is 63.4 cm³/mol. The van der Waals surface area contributed by atoms with Crippen molar-refractivity contribution in [2.45, 2.75) is 44.6 Å². The minimum Gasteiger partial charge on any atom is -0.392 e. The van der Waals surface area contributed by atoms with E-state index in [1.807, 2.05) is 18.2 Å². The molecule has 0 amide bonds. The van der Waals surface area contributed by atoms with Crippen molar-refractivity contribution in [2.24, 2.45) is 0 Å². The van der Waals surface area contributed by atoms with Gasteiger partial charge in [0.2, 0.25) is 0 Å². The average molecular weight is 225 g/mol. The fourth-order valence-electron chi connectivity index (χ4n) is 2.48. The third-order valence-corrected chi connectivity index (χ3v) is 3.61. The number of aliphatic hydroxyl groups is 1. The Kier molecular flexibility index (Phi) is 3.32. The summed E-state index contributed by atoms with van der Waals surface area (Å²) in [4.78, 5) is 0. The third-order valence-electron chi connectivity index (χ3n) is 3.37. The molecule has 2 heteroatoms. The normalized spacial score (nSPS) is 26.6. The Labute approximate surface area is 96.1 Å². The number of halogens is 1. The SMILES string of the molecule is Cc1ccc(Cl)cc1C1CCCCC1O. The van der Waals surface area contributed by atoms with E-state index in [0.29, 0.717) is 0 Å². The quantitative estimate of drug-likeness (QED) is 0.772. The molecule has 0 spiro atoms. The number of hydrogen-bond donors (Lipinski definition) is 1. The molecule has 2 rings (SSSR count). The summed E-state index contributed by atoms with van der Waals surface area (Å²) >= 11 is 6.00. The zero-order valence-corrected chi connectivity index (χ0v) is 9.80. The predicted octanol–water partition coefficient (Wildman–Crippen LogP) is 3.67. The van der Waals surface area contributed by atoms with Gasteiger partial charge in [-0.15, -0.1) is 0 Å². The van der Waals surface area contributed by atoms with Gasteiger partial charge in [-0.1, -0.05) is 30.5 Å². The van der Waals surface area contributed by atoms with Crippen molar-refractivity contribution >= 4 is 11.6 Å². The van der Waals surface area contributed by atoms with Gasteiger partial charge in [0, 0.05) is 10.9 Å². The second-order valence-electron chi connectivity index (χ2n) is 4.46. The highest BCUT2D eigenvalue weighted by Gasteiger charge is 2.25. The van der Waals surface area contributed by atoms with Crippen LogP contribution in [0.25, 0.3) is 0 Å². The standard InChI is InChI=1S/C13H17ClO/c1-9-6-7-10(14)8-12(9)11-4-2-3-5-13(11)15/h6-8,11,13,15H,2-5H2,1H3. The highest BCUT2D eigenvalue weighted by Crippen LogP contribution is 2.35. The Morgan fingerprint density at radius 3 is 2.73 bits per heavy atom. The van der Waals surface area contributed by atoms with E-state index < -0.39 is 0 Å². The molecule has 2 unspecified atom stereocenters. The van der Waals surface area contributed by atoms with Gasteiger partial charge in [0.05, 0.1) is 6.10 Å². The number of hydrogen-bond acceptors (Lipinski definition) is 1. The molecule has 1 aromatic rings. The van der Waals surface area contributed by atoms with Crippen LogP contribution in [0.15, 0.2) is 18.2 Å². The minimum atomic E-state index is -0.184. The van der Waals surface area contributed by atoms with Crippen LogP contribution < -0.4 is 0 Å². The van der Waals surface area contributed by atoms with Crippen LogP contribution in [0.3, 0.4) is 0 Å². The molecule has 0 bridgehead atoms. The van der Waals surface area contributed by atoms with Crippen LogP contribution in [-0.2, 0) is 0 Å². The highest BCUT2D eigenvalue weighted by atomic mass is 35.5. The second-order valence-corrected chi connectivity index (χ2v) is 4.90. The molecule has 1 aliphatic carbocycles. The Hall–Kier alpha value is -0.530. The maximum atomic E-state index is 9.99. The molecule has 0 aromatic heterocycles. The van der Waals surface area contributed by atoms with Gasteiger partial charge in [-0.2, -0.15) is 0 Å². The second kappa shape index (κ2) is 4.54. The molecule has 1 fully saturated rings. The molecular formula is C13H17ClO. The monoisotopic (exact) mass is 224 g/mol. The lowest BCUT2D eigenvalue weighted by Crippen LogP contribution is -2.23. The van der Waals surface area contributed by atoms with Gasteiger partial charge in [0.25, 0.3) is 0 Å². The zero-order valence-electron chi connectivity index (χ0n) is 9.04. The van der Waals surface area contributed by atoms with Crippen molar-refractivity contribution in [3.8, 4) is 0 Å². The lowest BCUT2D eigenvalue weighted by molar-refractivity contribution is 0.106. The summed E-state index contributed by atoms with van der Waals surface area (Å²) in [5.74, 6) is 0.289. The molecule has 1 aliphatic rings. The molecule has 1 N–H and O–H groups in total. The van der Waals surface area contributed by atoms with E-state index in [1.54, 1.807) is 0 Å². The van der Waals surface area contributed by atoms with Gasteiger partial charge in [0.1, 0.15) is 0 Å². The van der Waals surface area contributed by atoms with Crippen LogP contribution >= 0.6 is 11.6 Å². The van der Waals surface area contributed by atoms with Gasteiger partial charge in [-0.25, -0.2) is 0 Å². The first-order valence-corrected chi connectivity index (χ1v) is 6.00. The summed E-state index contributed by atoms with van der Waals surface area (Å²) in [6, 6.07) is 5.96. The van der Waals surface area contributed by atoms with E-state index in [0.717, 1.165) is 24.3 Å². The first kappa shape index (κ1) is 11.0. The molecule has 82 valence electrons. The maximum Gasteiger partial charge on any atom is 0.0608 e. The maximum absolute atomic E-state index is 9.99. The first-order chi connectivity index (χ1) is 7.18. The fraction of sp³-hybridized carbons (Fsp3) is 0.538. The Bertz CT molecular complexity index is 348. The summed E-state index contributed by atoms with van der Waals surface area (Å²) in [7, 11) is 0. The van der Waals surface area contributed by atoms with E-state index in [-0.39, 0.29) is 12.0 Å². The summed E-state index contributed by atoms with van der Waals surface area (Å²) < 4.78 is 0. The van der Waals surface area contributed by atoms with Crippen molar-refractivity contribution in [3.63, 3.8) is 0 Å². The summed E-state index contributed by atoms with van der Waals surface area (Å²) in [6.07, 6.45) is 4.19. The molecule has 1 nitrogen and oxygen atoms in total. The van der Waals surface area contributed by atoms with E-state index in [9.17, 15) is 5.11 Å². The van der Waals surface area contributed by atoms with Gasteiger partial charge in [-0.05, 0) is 43.0 Å². The summed E-state index contributed by atoms with van der Waals surface area (Å²) in [6.45, 7) is 2.09. The lowest BCUT2D eigenvalue weighted by Gasteiger charge is -2.29. The molecule has 0 radical (unpaired) electrons. The molecule has 1 saturated carbocycles. The molecular weight excluding hydrogens is 208 g/mol. The molecule has 1 aromatic carbocycles. The minimum absolute atomic E-state index is 0.184. The molecule has 0 saturated heterocycles. The van der Waals surface area contributed by atoms with E-state index >= 15 is 0 Å². The topological polar surface area (TPSA) is 20.2 Å². The van der Waals surface area contributed by atoms with Crippen LogP contribution in [0, 0.1) is 6.92 Å². The highest BCUT2D eigenvalue weighted by molar-refractivity contribution is 6.30. The average Bonchev–Trinajstić information content (AvgIpc) is 2.23. The largest absolute Gasteiger partial charge is 0.392 e. The van der Waals surface area contributed by atoms with Crippen LogP contribution in [0.1, 0.15) is 42.7 Å². The number of benzene rings is 1. The van der Waals surface area contributed by atoms with Crippen LogP contribution in [0.4, 0.5) is 0 Å². The van der Waals surface area contributed by atoms with Crippen molar-refractivity contribution in [1.29, 1.82) is 0 Å². The van der Waals surface area contributed by atoms with Gasteiger partial charge in [-0.3, -0.25) is 0 Å². The van der Waals surface area contributed by atoms with E-state index in [1.165, 1.54) is 17.5 Å². The molecule has 0 heterocycles. The van der Waals surface area contributed by atoms with Gasteiger partial charge in [0.15, 0.2) is 0 Å². The molecule has 0 aliphatic heterocycles. The summed E-state index contributed by atoms with van der Waals surface area (Å²) in [5, 5.41) is 10.8. The van der Waals surface area contributed by atoms with Crippen molar-refractivity contribution in [3.05, 3.63) is 34.3 Å². The lowest BCUT2D eigenvalue weighted by atomic mass is 9.80. The van der Waals surface area contributed by atoms with Crippen molar-refractivity contribution in [2.75, 3.05) is 0 Å². The number of rotatable bonds is 1. The van der Waals surface area contributed by atoms with E-state index in [2.05, 4.69) is 6.92 Å². The first-order valence-electron chi connectivity index (χ1n) is 5.62. The van der Waals surface area contributed by atoms with E-state index in [4.69, 9.17) is 11.6 Å². The number of aliphatic hydroxyl groups excluding tert-OH is 1. The number of aryl methyl sites for hydroxylation is 1. The molecule has 2 atom stereocenters. The summed E-state index contributed by atoms with van der Waals surface area (Å²) in [5.41, 5.74) is 2.47. The molecule has 15 heavy (non-hydrogen) atoms. The smallest absolute Gasteiger partial charge is 0.0608 e. The Morgan fingerprint density at radius 1 is 1.27 bits per heavy atom. The van der Waals surface area contributed by atoms with Crippen LogP contribution in [0.2, 0.25) is 5.02 Å². The third kappa shape index (κ3) is 2.35. The zero-order chi connectivity index (χ0) is 10.8.